The van der Waals surface area contributed by atoms with Gasteiger partial charge in [0, 0.05) is 11.9 Å². The lowest BCUT2D eigenvalue weighted by atomic mass is 10.00. The summed E-state index contributed by atoms with van der Waals surface area (Å²) in [7, 11) is 1.69. The van der Waals surface area contributed by atoms with E-state index in [1.807, 2.05) is 12.1 Å². The molecule has 0 aliphatic carbocycles. The lowest BCUT2D eigenvalue weighted by Gasteiger charge is -2.17. The average Bonchev–Trinajstić information content (AvgIpc) is 2.34. The van der Waals surface area contributed by atoms with Crippen molar-refractivity contribution in [1.29, 1.82) is 0 Å². The molecule has 0 aliphatic rings. The van der Waals surface area contributed by atoms with E-state index in [0.29, 0.717) is 5.88 Å². The third-order valence-corrected chi connectivity index (χ3v) is 3.09. The van der Waals surface area contributed by atoms with Gasteiger partial charge in [-0.05, 0) is 37.8 Å². The van der Waals surface area contributed by atoms with Gasteiger partial charge < -0.3 is 4.74 Å². The fraction of sp³-hybridized carbons (Fsp3) is 0.538. The molecule has 0 aromatic heterocycles. The number of hydrogen-bond donors (Lipinski definition) is 2. The number of halogens is 1. The van der Waals surface area contributed by atoms with Gasteiger partial charge in [-0.1, -0.05) is 17.7 Å². The molecule has 0 heterocycles. The van der Waals surface area contributed by atoms with Gasteiger partial charge in [-0.2, -0.15) is 0 Å². The Morgan fingerprint density at radius 2 is 2.24 bits per heavy atom. The first-order valence-electron chi connectivity index (χ1n) is 5.87. The van der Waals surface area contributed by atoms with E-state index < -0.39 is 0 Å². The standard InChI is InChI=1S/C13H21ClN2O/c1-10-5-6-13(17-2)11(8-10)9-12(16-15)4-3-7-14/h5-6,8,12,16H,3-4,7,9,15H2,1-2H3. The van der Waals surface area contributed by atoms with E-state index in [9.17, 15) is 0 Å². The smallest absolute Gasteiger partial charge is 0.122 e. The van der Waals surface area contributed by atoms with Crippen LogP contribution in [0.3, 0.4) is 0 Å². The molecule has 0 saturated carbocycles. The molecule has 1 aromatic rings. The van der Waals surface area contributed by atoms with Crippen LogP contribution in [0.15, 0.2) is 18.2 Å². The highest BCUT2D eigenvalue weighted by molar-refractivity contribution is 6.17. The molecule has 0 saturated heterocycles. The molecule has 1 unspecified atom stereocenters. The predicted octanol–water partition coefficient (Wildman–Crippen LogP) is 2.40. The molecule has 3 nitrogen and oxygen atoms in total. The van der Waals surface area contributed by atoms with E-state index in [0.717, 1.165) is 25.0 Å². The zero-order chi connectivity index (χ0) is 12.7. The summed E-state index contributed by atoms with van der Waals surface area (Å²) in [6, 6.07) is 6.43. The molecule has 1 atom stereocenters. The lowest BCUT2D eigenvalue weighted by Crippen LogP contribution is -2.36. The van der Waals surface area contributed by atoms with Crippen molar-refractivity contribution in [3.8, 4) is 5.75 Å². The van der Waals surface area contributed by atoms with Crippen molar-refractivity contribution in [3.63, 3.8) is 0 Å². The summed E-state index contributed by atoms with van der Waals surface area (Å²) >= 11 is 5.70. The maximum atomic E-state index is 5.70. The maximum absolute atomic E-state index is 5.70. The number of hydrazine groups is 1. The molecule has 17 heavy (non-hydrogen) atoms. The monoisotopic (exact) mass is 256 g/mol. The van der Waals surface area contributed by atoms with Crippen LogP contribution in [0.1, 0.15) is 24.0 Å². The quantitative estimate of drug-likeness (QED) is 0.447. The number of ether oxygens (including phenoxy) is 1. The SMILES string of the molecule is COc1ccc(C)cc1CC(CCCCl)NN. The van der Waals surface area contributed by atoms with E-state index in [1.54, 1.807) is 7.11 Å². The van der Waals surface area contributed by atoms with Crippen LogP contribution in [-0.4, -0.2) is 19.0 Å². The molecule has 96 valence electrons. The van der Waals surface area contributed by atoms with E-state index in [1.165, 1.54) is 11.1 Å². The first kappa shape index (κ1) is 14.3. The molecule has 1 rings (SSSR count). The van der Waals surface area contributed by atoms with Crippen molar-refractivity contribution in [1.82, 2.24) is 5.43 Å². The Labute approximate surface area is 108 Å². The highest BCUT2D eigenvalue weighted by Gasteiger charge is 2.11. The number of rotatable bonds is 7. The Kier molecular flexibility index (Phi) is 6.34. The third-order valence-electron chi connectivity index (χ3n) is 2.82. The van der Waals surface area contributed by atoms with E-state index in [2.05, 4.69) is 18.4 Å². The molecule has 0 spiro atoms. The van der Waals surface area contributed by atoms with Gasteiger partial charge in [0.2, 0.25) is 0 Å². The molecule has 1 aromatic carbocycles. The van der Waals surface area contributed by atoms with Gasteiger partial charge in [0.1, 0.15) is 5.75 Å². The van der Waals surface area contributed by atoms with Gasteiger partial charge >= 0.3 is 0 Å². The Hall–Kier alpha value is -0.770. The van der Waals surface area contributed by atoms with Gasteiger partial charge in [-0.3, -0.25) is 11.3 Å². The van der Waals surface area contributed by atoms with Crippen LogP contribution in [0.4, 0.5) is 0 Å². The topological polar surface area (TPSA) is 47.3 Å². The number of alkyl halides is 1. The molecule has 0 radical (unpaired) electrons. The Balaban J connectivity index is 2.73. The lowest BCUT2D eigenvalue weighted by molar-refractivity contribution is 0.402. The summed E-state index contributed by atoms with van der Waals surface area (Å²) in [6.07, 6.45) is 2.79. The molecule has 0 amide bonds. The molecule has 3 N–H and O–H groups in total. The van der Waals surface area contributed by atoms with Crippen molar-refractivity contribution in [2.75, 3.05) is 13.0 Å². The number of aryl methyl sites for hydroxylation is 1. The van der Waals surface area contributed by atoms with Gasteiger partial charge in [0.25, 0.3) is 0 Å². The first-order chi connectivity index (χ1) is 8.21. The van der Waals surface area contributed by atoms with Crippen LogP contribution in [0.5, 0.6) is 5.75 Å². The Morgan fingerprint density at radius 3 is 2.82 bits per heavy atom. The second-order valence-electron chi connectivity index (χ2n) is 4.21. The summed E-state index contributed by atoms with van der Waals surface area (Å²) in [6.45, 7) is 2.08. The van der Waals surface area contributed by atoms with Crippen LogP contribution in [-0.2, 0) is 6.42 Å². The molecular formula is C13H21ClN2O. The number of nitrogens with two attached hydrogens (primary N) is 1. The van der Waals surface area contributed by atoms with Crippen LogP contribution >= 0.6 is 11.6 Å². The van der Waals surface area contributed by atoms with Crippen LogP contribution in [0.25, 0.3) is 0 Å². The van der Waals surface area contributed by atoms with Crippen molar-refractivity contribution in [2.45, 2.75) is 32.2 Å². The van der Waals surface area contributed by atoms with Crippen molar-refractivity contribution < 1.29 is 4.74 Å². The second kappa shape index (κ2) is 7.54. The summed E-state index contributed by atoms with van der Waals surface area (Å²) in [5.74, 6) is 7.15. The largest absolute Gasteiger partial charge is 0.496 e. The normalized spacial score (nSPS) is 12.5. The molecular weight excluding hydrogens is 236 g/mol. The van der Waals surface area contributed by atoms with Crippen LogP contribution in [0, 0.1) is 6.92 Å². The number of benzene rings is 1. The minimum absolute atomic E-state index is 0.240. The van der Waals surface area contributed by atoms with Gasteiger partial charge in [-0.25, -0.2) is 0 Å². The molecule has 4 heteroatoms. The fourth-order valence-electron chi connectivity index (χ4n) is 1.90. The van der Waals surface area contributed by atoms with Crippen molar-refractivity contribution in [2.24, 2.45) is 5.84 Å². The van der Waals surface area contributed by atoms with Crippen molar-refractivity contribution in [3.05, 3.63) is 29.3 Å². The average molecular weight is 257 g/mol. The minimum Gasteiger partial charge on any atom is -0.496 e. The maximum Gasteiger partial charge on any atom is 0.122 e. The zero-order valence-corrected chi connectivity index (χ0v) is 11.3. The molecule has 0 aliphatic heterocycles. The number of nitrogens with one attached hydrogen (secondary N) is 1. The highest BCUT2D eigenvalue weighted by Crippen LogP contribution is 2.22. The summed E-state index contributed by atoms with van der Waals surface area (Å²) in [5, 5.41) is 0. The van der Waals surface area contributed by atoms with Gasteiger partial charge in [0.15, 0.2) is 0 Å². The second-order valence-corrected chi connectivity index (χ2v) is 4.59. The van der Waals surface area contributed by atoms with Gasteiger partial charge in [-0.15, -0.1) is 11.6 Å². The summed E-state index contributed by atoms with van der Waals surface area (Å²) < 4.78 is 5.36. The van der Waals surface area contributed by atoms with Crippen molar-refractivity contribution >= 4 is 11.6 Å². The van der Waals surface area contributed by atoms with E-state index in [4.69, 9.17) is 22.2 Å². The van der Waals surface area contributed by atoms with E-state index in [-0.39, 0.29) is 6.04 Å². The van der Waals surface area contributed by atoms with Crippen LogP contribution < -0.4 is 16.0 Å². The molecule has 0 bridgehead atoms. The first-order valence-corrected chi connectivity index (χ1v) is 6.40. The highest BCUT2D eigenvalue weighted by atomic mass is 35.5. The third kappa shape index (κ3) is 4.54. The number of methoxy groups -OCH3 is 1. The summed E-state index contributed by atoms with van der Waals surface area (Å²) in [4.78, 5) is 0. The minimum atomic E-state index is 0.240. The zero-order valence-electron chi connectivity index (χ0n) is 10.5. The molecule has 0 fully saturated rings. The van der Waals surface area contributed by atoms with Gasteiger partial charge in [0.05, 0.1) is 7.11 Å². The van der Waals surface area contributed by atoms with E-state index >= 15 is 0 Å². The number of hydrogen-bond acceptors (Lipinski definition) is 3. The van der Waals surface area contributed by atoms with Crippen LogP contribution in [0.2, 0.25) is 0 Å². The predicted molar refractivity (Wildman–Crippen MR) is 72.5 cm³/mol. The fourth-order valence-corrected chi connectivity index (χ4v) is 2.05. The Morgan fingerprint density at radius 1 is 1.47 bits per heavy atom. The summed E-state index contributed by atoms with van der Waals surface area (Å²) in [5.41, 5.74) is 5.26. The Bertz CT molecular complexity index is 344.